The predicted molar refractivity (Wildman–Crippen MR) is 85.7 cm³/mol. The number of hydrogen-bond acceptors (Lipinski definition) is 2. The van der Waals surface area contributed by atoms with Gasteiger partial charge in [0, 0.05) is 18.6 Å². The molecule has 2 nitrogen and oxygen atoms in total. The van der Waals surface area contributed by atoms with Gasteiger partial charge in [-0.05, 0) is 45.2 Å². The van der Waals surface area contributed by atoms with Gasteiger partial charge in [0.15, 0.2) is 0 Å². The Labute approximate surface area is 121 Å². The molecule has 2 heteroatoms. The minimum atomic E-state index is 0.343. The molecule has 0 radical (unpaired) electrons. The highest BCUT2D eigenvalue weighted by molar-refractivity contribution is 4.85. The topological polar surface area (TPSA) is 15.3 Å². The molecule has 0 amide bonds. The second-order valence-electron chi connectivity index (χ2n) is 7.22. The van der Waals surface area contributed by atoms with Crippen molar-refractivity contribution in [1.82, 2.24) is 10.2 Å². The molecule has 0 aliphatic heterocycles. The lowest BCUT2D eigenvalue weighted by Crippen LogP contribution is -2.48. The largest absolute Gasteiger partial charge is 0.314 e. The van der Waals surface area contributed by atoms with Crippen molar-refractivity contribution in [3.63, 3.8) is 0 Å². The molecule has 1 fully saturated rings. The molecule has 0 aromatic heterocycles. The van der Waals surface area contributed by atoms with Crippen LogP contribution in [0, 0.1) is 5.41 Å². The second-order valence-corrected chi connectivity index (χ2v) is 7.22. The SMILES string of the molecule is CCCNC(C)C(C)(C)CN(C)C1CCCCCC1. The normalized spacial score (nSPS) is 20.5. The monoisotopic (exact) mass is 268 g/mol. The van der Waals surface area contributed by atoms with Crippen LogP contribution < -0.4 is 5.32 Å². The number of nitrogens with zero attached hydrogens (tertiary/aromatic N) is 1. The van der Waals surface area contributed by atoms with E-state index >= 15 is 0 Å². The highest BCUT2D eigenvalue weighted by atomic mass is 15.1. The Kier molecular flexibility index (Phi) is 7.38. The molecule has 1 aliphatic rings. The summed E-state index contributed by atoms with van der Waals surface area (Å²) < 4.78 is 0. The van der Waals surface area contributed by atoms with E-state index < -0.39 is 0 Å². The van der Waals surface area contributed by atoms with Crippen molar-refractivity contribution < 1.29 is 0 Å². The Morgan fingerprint density at radius 1 is 1.16 bits per heavy atom. The zero-order valence-corrected chi connectivity index (χ0v) is 14.0. The minimum absolute atomic E-state index is 0.343. The second kappa shape index (κ2) is 8.26. The fourth-order valence-electron chi connectivity index (χ4n) is 3.24. The molecule has 0 spiro atoms. The summed E-state index contributed by atoms with van der Waals surface area (Å²) in [7, 11) is 2.34. The van der Waals surface area contributed by atoms with Crippen LogP contribution in [0.3, 0.4) is 0 Å². The molecule has 1 unspecified atom stereocenters. The molecule has 1 saturated carbocycles. The van der Waals surface area contributed by atoms with Gasteiger partial charge in [0.1, 0.15) is 0 Å². The van der Waals surface area contributed by atoms with Crippen molar-refractivity contribution in [3.05, 3.63) is 0 Å². The van der Waals surface area contributed by atoms with Gasteiger partial charge in [0.2, 0.25) is 0 Å². The van der Waals surface area contributed by atoms with Gasteiger partial charge in [0.05, 0.1) is 0 Å². The predicted octanol–water partition coefficient (Wildman–Crippen LogP) is 4.06. The summed E-state index contributed by atoms with van der Waals surface area (Å²) in [5.74, 6) is 0. The van der Waals surface area contributed by atoms with E-state index in [9.17, 15) is 0 Å². The molecule has 1 rings (SSSR count). The Hall–Kier alpha value is -0.0800. The Balaban J connectivity index is 2.45. The van der Waals surface area contributed by atoms with Gasteiger partial charge in [-0.2, -0.15) is 0 Å². The van der Waals surface area contributed by atoms with E-state index in [-0.39, 0.29) is 0 Å². The summed E-state index contributed by atoms with van der Waals surface area (Å²) in [5, 5.41) is 3.67. The van der Waals surface area contributed by atoms with Crippen LogP contribution in [0.1, 0.15) is 72.6 Å². The van der Waals surface area contributed by atoms with Crippen molar-refractivity contribution in [2.45, 2.75) is 84.7 Å². The van der Waals surface area contributed by atoms with E-state index in [1.54, 1.807) is 0 Å². The molecule has 0 aromatic carbocycles. The smallest absolute Gasteiger partial charge is 0.0102 e. The number of hydrogen-bond donors (Lipinski definition) is 1. The maximum Gasteiger partial charge on any atom is 0.0102 e. The van der Waals surface area contributed by atoms with E-state index in [2.05, 4.69) is 45.0 Å². The molecule has 0 saturated heterocycles. The van der Waals surface area contributed by atoms with Crippen LogP contribution in [0.5, 0.6) is 0 Å². The van der Waals surface area contributed by atoms with Crippen molar-refractivity contribution in [1.29, 1.82) is 0 Å². The Morgan fingerprint density at radius 2 is 1.74 bits per heavy atom. The molecular formula is C17H36N2. The zero-order chi connectivity index (χ0) is 14.3. The molecule has 1 aliphatic carbocycles. The number of rotatable bonds is 7. The van der Waals surface area contributed by atoms with Crippen LogP contribution in [0.15, 0.2) is 0 Å². The summed E-state index contributed by atoms with van der Waals surface area (Å²) in [6, 6.07) is 1.40. The standard InChI is InChI=1S/C17H36N2/c1-6-13-18-15(2)17(3,4)14-19(5)16-11-9-7-8-10-12-16/h15-16,18H,6-14H2,1-5H3. The Morgan fingerprint density at radius 3 is 2.26 bits per heavy atom. The lowest BCUT2D eigenvalue weighted by molar-refractivity contribution is 0.121. The molecule has 1 atom stereocenters. The maximum absolute atomic E-state index is 3.67. The van der Waals surface area contributed by atoms with E-state index in [0.29, 0.717) is 11.5 Å². The molecule has 1 N–H and O–H groups in total. The summed E-state index contributed by atoms with van der Waals surface area (Å²) in [6.07, 6.45) is 9.79. The third-order valence-electron chi connectivity index (χ3n) is 4.98. The minimum Gasteiger partial charge on any atom is -0.314 e. The first-order valence-electron chi connectivity index (χ1n) is 8.41. The summed E-state index contributed by atoms with van der Waals surface area (Å²) >= 11 is 0. The lowest BCUT2D eigenvalue weighted by Gasteiger charge is -2.39. The van der Waals surface area contributed by atoms with Crippen molar-refractivity contribution in [2.75, 3.05) is 20.1 Å². The van der Waals surface area contributed by atoms with Crippen molar-refractivity contribution in [2.24, 2.45) is 5.41 Å². The van der Waals surface area contributed by atoms with E-state index in [0.717, 1.165) is 12.6 Å². The average molecular weight is 268 g/mol. The third kappa shape index (κ3) is 5.83. The van der Waals surface area contributed by atoms with Crippen LogP contribution >= 0.6 is 0 Å². The van der Waals surface area contributed by atoms with Gasteiger partial charge in [-0.15, -0.1) is 0 Å². The first-order valence-corrected chi connectivity index (χ1v) is 8.41. The fourth-order valence-corrected chi connectivity index (χ4v) is 3.24. The van der Waals surface area contributed by atoms with Gasteiger partial charge in [-0.1, -0.05) is 46.5 Å². The average Bonchev–Trinajstić information content (AvgIpc) is 2.64. The molecular weight excluding hydrogens is 232 g/mol. The summed E-state index contributed by atoms with van der Waals surface area (Å²) in [5.41, 5.74) is 0.343. The van der Waals surface area contributed by atoms with Crippen LogP contribution in [0.25, 0.3) is 0 Å². The van der Waals surface area contributed by atoms with Crippen LogP contribution in [0.2, 0.25) is 0 Å². The third-order valence-corrected chi connectivity index (χ3v) is 4.98. The zero-order valence-electron chi connectivity index (χ0n) is 14.0. The van der Waals surface area contributed by atoms with Crippen LogP contribution in [-0.4, -0.2) is 37.1 Å². The Bertz CT molecular complexity index is 229. The summed E-state index contributed by atoms with van der Waals surface area (Å²) in [6.45, 7) is 11.7. The fraction of sp³-hybridized carbons (Fsp3) is 1.00. The van der Waals surface area contributed by atoms with Gasteiger partial charge >= 0.3 is 0 Å². The number of nitrogens with one attached hydrogen (secondary N) is 1. The van der Waals surface area contributed by atoms with Gasteiger partial charge < -0.3 is 10.2 Å². The van der Waals surface area contributed by atoms with Crippen molar-refractivity contribution in [3.8, 4) is 0 Å². The molecule has 114 valence electrons. The maximum atomic E-state index is 3.67. The van der Waals surface area contributed by atoms with Crippen molar-refractivity contribution >= 4 is 0 Å². The highest BCUT2D eigenvalue weighted by Gasteiger charge is 2.29. The van der Waals surface area contributed by atoms with Gasteiger partial charge in [-0.25, -0.2) is 0 Å². The first kappa shape index (κ1) is 17.0. The lowest BCUT2D eigenvalue weighted by atomic mass is 9.84. The summed E-state index contributed by atoms with van der Waals surface area (Å²) in [4.78, 5) is 2.63. The first-order chi connectivity index (χ1) is 8.97. The molecule has 0 heterocycles. The quantitative estimate of drug-likeness (QED) is 0.701. The van der Waals surface area contributed by atoms with Crippen LogP contribution in [0.4, 0.5) is 0 Å². The molecule has 19 heavy (non-hydrogen) atoms. The highest BCUT2D eigenvalue weighted by Crippen LogP contribution is 2.26. The van der Waals surface area contributed by atoms with E-state index in [4.69, 9.17) is 0 Å². The van der Waals surface area contributed by atoms with E-state index in [1.165, 1.54) is 51.5 Å². The van der Waals surface area contributed by atoms with Crippen LogP contribution in [-0.2, 0) is 0 Å². The molecule has 0 aromatic rings. The van der Waals surface area contributed by atoms with Gasteiger partial charge in [0.25, 0.3) is 0 Å². The van der Waals surface area contributed by atoms with Gasteiger partial charge in [-0.3, -0.25) is 0 Å². The molecule has 0 bridgehead atoms. The van der Waals surface area contributed by atoms with E-state index in [1.807, 2.05) is 0 Å².